The minimum Gasteiger partial charge on any atom is -0.481 e. The minimum absolute atomic E-state index is 0.242. The van der Waals surface area contributed by atoms with Crippen molar-refractivity contribution >= 4 is 17.4 Å². The van der Waals surface area contributed by atoms with Gasteiger partial charge in [0.15, 0.2) is 0 Å². The molecule has 0 radical (unpaired) electrons. The molecule has 2 aromatic rings. The van der Waals surface area contributed by atoms with Gasteiger partial charge in [-0.25, -0.2) is 9.97 Å². The molecule has 0 saturated carbocycles. The fourth-order valence-electron chi connectivity index (χ4n) is 1.90. The van der Waals surface area contributed by atoms with Crippen LogP contribution < -0.4 is 15.8 Å². The van der Waals surface area contributed by atoms with Gasteiger partial charge >= 0.3 is 0 Å². The lowest BCUT2D eigenvalue weighted by molar-refractivity contribution is 0.102. The molecular weight excluding hydrogens is 268 g/mol. The fraction of sp³-hybridized carbons (Fsp3) is 0.267. The van der Waals surface area contributed by atoms with E-state index in [-0.39, 0.29) is 5.91 Å². The Labute approximate surface area is 123 Å². The topological polar surface area (TPSA) is 90.1 Å². The van der Waals surface area contributed by atoms with Crippen LogP contribution in [0, 0.1) is 0 Å². The van der Waals surface area contributed by atoms with Crippen molar-refractivity contribution in [3.8, 4) is 5.88 Å². The first kappa shape index (κ1) is 14.8. The van der Waals surface area contributed by atoms with E-state index in [1.807, 2.05) is 6.92 Å². The van der Waals surface area contributed by atoms with Crippen LogP contribution in [0.1, 0.15) is 29.4 Å². The van der Waals surface area contributed by atoms with Crippen LogP contribution in [0.3, 0.4) is 0 Å². The first-order chi connectivity index (χ1) is 10.1. The van der Waals surface area contributed by atoms with Crippen molar-refractivity contribution in [3.63, 3.8) is 0 Å². The van der Waals surface area contributed by atoms with Gasteiger partial charge in [0.1, 0.15) is 5.82 Å². The molecule has 0 atom stereocenters. The van der Waals surface area contributed by atoms with Gasteiger partial charge in [-0.3, -0.25) is 4.79 Å². The van der Waals surface area contributed by atoms with Gasteiger partial charge in [-0.2, -0.15) is 0 Å². The maximum absolute atomic E-state index is 12.2. The summed E-state index contributed by atoms with van der Waals surface area (Å²) < 4.78 is 4.97. The molecule has 2 aromatic heterocycles. The summed E-state index contributed by atoms with van der Waals surface area (Å²) >= 11 is 0. The third-order valence-electron chi connectivity index (χ3n) is 2.87. The number of methoxy groups -OCH3 is 1. The number of aryl methyl sites for hydroxylation is 1. The number of carbonyl (C=O) groups excluding carboxylic acids is 1. The average molecular weight is 286 g/mol. The molecule has 1 amide bonds. The van der Waals surface area contributed by atoms with Gasteiger partial charge in [-0.15, -0.1) is 0 Å². The Morgan fingerprint density at radius 1 is 1.38 bits per heavy atom. The van der Waals surface area contributed by atoms with Gasteiger partial charge in [0.25, 0.3) is 5.91 Å². The zero-order valence-electron chi connectivity index (χ0n) is 12.1. The quantitative estimate of drug-likeness (QED) is 0.880. The second kappa shape index (κ2) is 6.69. The molecule has 110 valence electrons. The molecule has 0 bridgehead atoms. The van der Waals surface area contributed by atoms with Crippen molar-refractivity contribution in [1.82, 2.24) is 9.97 Å². The van der Waals surface area contributed by atoms with Gasteiger partial charge in [0, 0.05) is 17.3 Å². The van der Waals surface area contributed by atoms with Crippen molar-refractivity contribution in [2.24, 2.45) is 0 Å². The molecule has 3 N–H and O–H groups in total. The highest BCUT2D eigenvalue weighted by atomic mass is 16.5. The van der Waals surface area contributed by atoms with E-state index >= 15 is 0 Å². The van der Waals surface area contributed by atoms with Gasteiger partial charge < -0.3 is 15.8 Å². The van der Waals surface area contributed by atoms with Crippen LogP contribution in [0.25, 0.3) is 0 Å². The van der Waals surface area contributed by atoms with Crippen LogP contribution in [-0.2, 0) is 6.42 Å². The second-order valence-corrected chi connectivity index (χ2v) is 4.57. The molecule has 6 nitrogen and oxygen atoms in total. The average Bonchev–Trinajstić information content (AvgIpc) is 2.48. The summed E-state index contributed by atoms with van der Waals surface area (Å²) in [5.41, 5.74) is 7.63. The Bertz CT molecular complexity index is 626. The molecule has 0 fully saturated rings. The normalized spacial score (nSPS) is 10.2. The standard InChI is InChI=1S/C15H18N4O2/c1-3-4-11-7-10(8-13(16)18-11)15(20)19-12-5-6-14(21-2)17-9-12/h5-9H,3-4H2,1-2H3,(H2,16,18)(H,19,20). The first-order valence-corrected chi connectivity index (χ1v) is 6.70. The largest absolute Gasteiger partial charge is 0.481 e. The molecule has 21 heavy (non-hydrogen) atoms. The van der Waals surface area contributed by atoms with E-state index in [1.54, 1.807) is 24.3 Å². The molecule has 0 aliphatic carbocycles. The maximum Gasteiger partial charge on any atom is 0.255 e. The number of anilines is 2. The van der Waals surface area contributed by atoms with Crippen LogP contribution in [0.2, 0.25) is 0 Å². The minimum atomic E-state index is -0.242. The van der Waals surface area contributed by atoms with Crippen molar-refractivity contribution in [1.29, 1.82) is 0 Å². The third-order valence-corrected chi connectivity index (χ3v) is 2.87. The van der Waals surface area contributed by atoms with E-state index < -0.39 is 0 Å². The highest BCUT2D eigenvalue weighted by Crippen LogP contribution is 2.14. The monoisotopic (exact) mass is 286 g/mol. The van der Waals surface area contributed by atoms with Crippen molar-refractivity contribution < 1.29 is 9.53 Å². The Balaban J connectivity index is 2.15. The number of nitrogens with two attached hydrogens (primary N) is 1. The smallest absolute Gasteiger partial charge is 0.255 e. The predicted molar refractivity (Wildman–Crippen MR) is 81.4 cm³/mol. The number of amides is 1. The van der Waals surface area contributed by atoms with Gasteiger partial charge in [0.05, 0.1) is 19.0 Å². The zero-order valence-corrected chi connectivity index (χ0v) is 12.1. The van der Waals surface area contributed by atoms with Crippen molar-refractivity contribution in [3.05, 3.63) is 41.7 Å². The highest BCUT2D eigenvalue weighted by molar-refractivity contribution is 6.04. The highest BCUT2D eigenvalue weighted by Gasteiger charge is 2.09. The van der Waals surface area contributed by atoms with Crippen LogP contribution in [0.4, 0.5) is 11.5 Å². The van der Waals surface area contributed by atoms with Crippen LogP contribution in [-0.4, -0.2) is 23.0 Å². The third kappa shape index (κ3) is 3.92. The molecular formula is C15H18N4O2. The summed E-state index contributed by atoms with van der Waals surface area (Å²) in [6, 6.07) is 6.72. The van der Waals surface area contributed by atoms with E-state index in [2.05, 4.69) is 15.3 Å². The molecule has 0 spiro atoms. The van der Waals surface area contributed by atoms with Crippen LogP contribution >= 0.6 is 0 Å². The number of rotatable bonds is 5. The van der Waals surface area contributed by atoms with Crippen molar-refractivity contribution in [2.75, 3.05) is 18.2 Å². The Morgan fingerprint density at radius 2 is 2.19 bits per heavy atom. The van der Waals surface area contributed by atoms with Gasteiger partial charge in [-0.1, -0.05) is 13.3 Å². The number of hydrogen-bond donors (Lipinski definition) is 2. The Hall–Kier alpha value is -2.63. The number of pyridine rings is 2. The molecule has 0 unspecified atom stereocenters. The number of nitrogens with zero attached hydrogens (tertiary/aromatic N) is 2. The van der Waals surface area contributed by atoms with Crippen molar-refractivity contribution in [2.45, 2.75) is 19.8 Å². The summed E-state index contributed by atoms with van der Waals surface area (Å²) in [4.78, 5) is 20.5. The number of ether oxygens (including phenoxy) is 1. The molecule has 2 heterocycles. The second-order valence-electron chi connectivity index (χ2n) is 4.57. The Morgan fingerprint density at radius 3 is 2.81 bits per heavy atom. The van der Waals surface area contributed by atoms with E-state index in [9.17, 15) is 4.79 Å². The lowest BCUT2D eigenvalue weighted by Crippen LogP contribution is -2.13. The molecule has 0 aliphatic heterocycles. The zero-order chi connectivity index (χ0) is 15.2. The number of nitrogens with one attached hydrogen (secondary N) is 1. The molecule has 0 aliphatic rings. The number of carbonyl (C=O) groups is 1. The molecule has 0 saturated heterocycles. The lowest BCUT2D eigenvalue weighted by Gasteiger charge is -2.08. The van der Waals surface area contributed by atoms with Crippen LogP contribution in [0.15, 0.2) is 30.5 Å². The van der Waals surface area contributed by atoms with E-state index in [0.717, 1.165) is 18.5 Å². The summed E-state index contributed by atoms with van der Waals surface area (Å²) in [6.45, 7) is 2.05. The SMILES string of the molecule is CCCc1cc(C(=O)Nc2ccc(OC)nc2)cc(N)n1. The van der Waals surface area contributed by atoms with Gasteiger partial charge in [0.2, 0.25) is 5.88 Å². The lowest BCUT2D eigenvalue weighted by atomic mass is 10.1. The number of aromatic nitrogens is 2. The predicted octanol–water partition coefficient (Wildman–Crippen LogP) is 2.27. The molecule has 0 aromatic carbocycles. The summed E-state index contributed by atoms with van der Waals surface area (Å²) in [5.74, 6) is 0.596. The molecule has 2 rings (SSSR count). The maximum atomic E-state index is 12.2. The Kier molecular flexibility index (Phi) is 4.71. The first-order valence-electron chi connectivity index (χ1n) is 6.70. The summed E-state index contributed by atoms with van der Waals surface area (Å²) in [7, 11) is 1.54. The van der Waals surface area contributed by atoms with E-state index in [0.29, 0.717) is 22.9 Å². The number of nitrogen functional groups attached to an aromatic ring is 1. The number of hydrogen-bond acceptors (Lipinski definition) is 5. The summed E-state index contributed by atoms with van der Waals surface area (Å²) in [6.07, 6.45) is 3.27. The molecule has 6 heteroatoms. The van der Waals surface area contributed by atoms with Gasteiger partial charge in [-0.05, 0) is 24.6 Å². The van der Waals surface area contributed by atoms with E-state index in [1.165, 1.54) is 13.3 Å². The van der Waals surface area contributed by atoms with Crippen LogP contribution in [0.5, 0.6) is 5.88 Å². The fourth-order valence-corrected chi connectivity index (χ4v) is 1.90. The van der Waals surface area contributed by atoms with E-state index in [4.69, 9.17) is 10.5 Å². The summed E-state index contributed by atoms with van der Waals surface area (Å²) in [5, 5.41) is 2.77.